The molecule has 1 aromatic carbocycles. The van der Waals surface area contributed by atoms with Crippen LogP contribution in [0.3, 0.4) is 0 Å². The molecule has 3 heteroatoms. The molecule has 1 aliphatic rings. The molecule has 0 unspecified atom stereocenters. The second kappa shape index (κ2) is 7.29. The summed E-state index contributed by atoms with van der Waals surface area (Å²) >= 11 is 0. The molecule has 2 rings (SSSR count). The van der Waals surface area contributed by atoms with Gasteiger partial charge in [-0.1, -0.05) is 49.6 Å². The topological polar surface area (TPSA) is 55.1 Å². The molecule has 3 nitrogen and oxygen atoms in total. The summed E-state index contributed by atoms with van der Waals surface area (Å²) in [6.45, 7) is 0. The Bertz CT molecular complexity index is 385. The lowest BCUT2D eigenvalue weighted by atomic mass is 9.94. The molecule has 0 aliphatic heterocycles. The van der Waals surface area contributed by atoms with E-state index < -0.39 is 0 Å². The van der Waals surface area contributed by atoms with Crippen LogP contribution >= 0.6 is 0 Å². The minimum Gasteiger partial charge on any atom is -0.368 e. The second-order valence-corrected chi connectivity index (χ2v) is 5.48. The largest absolute Gasteiger partial charge is 0.368 e. The van der Waals surface area contributed by atoms with Crippen LogP contribution in [-0.2, 0) is 11.2 Å². The molecule has 0 heterocycles. The summed E-state index contributed by atoms with van der Waals surface area (Å²) in [6, 6.07) is 10.5. The van der Waals surface area contributed by atoms with E-state index in [1.807, 2.05) is 18.2 Å². The number of amides is 1. The zero-order valence-corrected chi connectivity index (χ0v) is 11.5. The average molecular weight is 260 g/mol. The Morgan fingerprint density at radius 1 is 1.21 bits per heavy atom. The summed E-state index contributed by atoms with van der Waals surface area (Å²) in [5, 5.41) is 3.45. The molecule has 1 aliphatic carbocycles. The van der Waals surface area contributed by atoms with E-state index in [0.717, 1.165) is 12.8 Å². The molecule has 0 aromatic heterocycles. The summed E-state index contributed by atoms with van der Waals surface area (Å²) in [5.74, 6) is -0.221. The van der Waals surface area contributed by atoms with Crippen LogP contribution in [0.25, 0.3) is 0 Å². The number of aryl methyl sites for hydroxylation is 1. The number of rotatable bonds is 6. The van der Waals surface area contributed by atoms with Crippen molar-refractivity contribution in [1.82, 2.24) is 5.32 Å². The third-order valence-electron chi connectivity index (χ3n) is 3.95. The Morgan fingerprint density at radius 3 is 2.53 bits per heavy atom. The maximum absolute atomic E-state index is 11.6. The number of hydrogen-bond donors (Lipinski definition) is 2. The van der Waals surface area contributed by atoms with E-state index in [-0.39, 0.29) is 11.9 Å². The Hall–Kier alpha value is -1.35. The van der Waals surface area contributed by atoms with Gasteiger partial charge in [-0.3, -0.25) is 4.79 Å². The van der Waals surface area contributed by atoms with Gasteiger partial charge in [-0.25, -0.2) is 0 Å². The van der Waals surface area contributed by atoms with Crippen LogP contribution in [0.15, 0.2) is 30.3 Å². The van der Waals surface area contributed by atoms with E-state index in [1.165, 1.54) is 37.7 Å². The third-order valence-corrected chi connectivity index (χ3v) is 3.95. The third kappa shape index (κ3) is 4.67. The number of hydrogen-bond acceptors (Lipinski definition) is 2. The number of primary amides is 1. The molecular formula is C16H24N2O. The fourth-order valence-corrected chi connectivity index (χ4v) is 2.82. The summed E-state index contributed by atoms with van der Waals surface area (Å²) in [7, 11) is 0. The van der Waals surface area contributed by atoms with Gasteiger partial charge in [0.05, 0.1) is 6.04 Å². The molecule has 104 valence electrons. The maximum Gasteiger partial charge on any atom is 0.234 e. The highest BCUT2D eigenvalue weighted by Gasteiger charge is 2.21. The van der Waals surface area contributed by atoms with E-state index in [2.05, 4.69) is 17.4 Å². The Kier molecular flexibility index (Phi) is 5.40. The summed E-state index contributed by atoms with van der Waals surface area (Å²) in [4.78, 5) is 11.6. The van der Waals surface area contributed by atoms with E-state index in [4.69, 9.17) is 5.73 Å². The monoisotopic (exact) mass is 260 g/mol. The van der Waals surface area contributed by atoms with Crippen molar-refractivity contribution < 1.29 is 4.79 Å². The second-order valence-electron chi connectivity index (χ2n) is 5.48. The van der Waals surface area contributed by atoms with E-state index in [1.54, 1.807) is 0 Å². The lowest BCUT2D eigenvalue weighted by molar-refractivity contribution is -0.120. The fraction of sp³-hybridized carbons (Fsp3) is 0.562. The highest BCUT2D eigenvalue weighted by Crippen LogP contribution is 2.18. The SMILES string of the molecule is NC(=O)[C@@H](CCc1ccccc1)NC1CCCCC1. The highest BCUT2D eigenvalue weighted by atomic mass is 16.1. The molecule has 0 bridgehead atoms. The van der Waals surface area contributed by atoms with Crippen molar-refractivity contribution in [3.63, 3.8) is 0 Å². The molecule has 1 amide bonds. The smallest absolute Gasteiger partial charge is 0.234 e. The van der Waals surface area contributed by atoms with Gasteiger partial charge in [-0.2, -0.15) is 0 Å². The predicted molar refractivity (Wildman–Crippen MR) is 77.8 cm³/mol. The minimum absolute atomic E-state index is 0.191. The predicted octanol–water partition coefficient (Wildman–Crippen LogP) is 2.40. The average Bonchev–Trinajstić information content (AvgIpc) is 2.45. The van der Waals surface area contributed by atoms with Gasteiger partial charge in [-0.15, -0.1) is 0 Å². The summed E-state index contributed by atoms with van der Waals surface area (Å²) < 4.78 is 0. The first-order valence-electron chi connectivity index (χ1n) is 7.35. The maximum atomic E-state index is 11.6. The number of nitrogens with two attached hydrogens (primary N) is 1. The fourth-order valence-electron chi connectivity index (χ4n) is 2.82. The van der Waals surface area contributed by atoms with Crippen LogP contribution in [-0.4, -0.2) is 18.0 Å². The highest BCUT2D eigenvalue weighted by molar-refractivity contribution is 5.79. The van der Waals surface area contributed by atoms with Crippen LogP contribution in [0, 0.1) is 0 Å². The van der Waals surface area contributed by atoms with Crippen molar-refractivity contribution in [2.24, 2.45) is 5.73 Å². The van der Waals surface area contributed by atoms with Gasteiger partial charge in [0.25, 0.3) is 0 Å². The van der Waals surface area contributed by atoms with Crippen LogP contribution < -0.4 is 11.1 Å². The normalized spacial score (nSPS) is 18.1. The Balaban J connectivity index is 1.83. The zero-order chi connectivity index (χ0) is 13.5. The minimum atomic E-state index is -0.221. The molecule has 1 saturated carbocycles. The van der Waals surface area contributed by atoms with Crippen molar-refractivity contribution in [2.75, 3.05) is 0 Å². The van der Waals surface area contributed by atoms with E-state index >= 15 is 0 Å². The number of benzene rings is 1. The summed E-state index contributed by atoms with van der Waals surface area (Å²) in [5.41, 5.74) is 6.78. The number of carbonyl (C=O) groups is 1. The van der Waals surface area contributed by atoms with Gasteiger partial charge in [0.15, 0.2) is 0 Å². The Labute approximate surface area is 115 Å². The van der Waals surface area contributed by atoms with Gasteiger partial charge in [-0.05, 0) is 31.2 Å². The lowest BCUT2D eigenvalue weighted by Gasteiger charge is -2.27. The number of nitrogens with one attached hydrogen (secondary N) is 1. The lowest BCUT2D eigenvalue weighted by Crippen LogP contribution is -2.47. The molecule has 0 radical (unpaired) electrons. The van der Waals surface area contributed by atoms with Gasteiger partial charge < -0.3 is 11.1 Å². The van der Waals surface area contributed by atoms with Crippen molar-refractivity contribution >= 4 is 5.91 Å². The van der Waals surface area contributed by atoms with Gasteiger partial charge >= 0.3 is 0 Å². The van der Waals surface area contributed by atoms with Gasteiger partial charge in [0, 0.05) is 6.04 Å². The van der Waals surface area contributed by atoms with Crippen LogP contribution in [0.2, 0.25) is 0 Å². The molecule has 1 fully saturated rings. The van der Waals surface area contributed by atoms with E-state index in [9.17, 15) is 4.79 Å². The first-order chi connectivity index (χ1) is 9.25. The number of carbonyl (C=O) groups excluding carboxylic acids is 1. The standard InChI is InChI=1S/C16H24N2O/c17-16(19)15(18-14-9-5-2-6-10-14)12-11-13-7-3-1-4-8-13/h1,3-4,7-8,14-15,18H,2,5-6,9-12H2,(H2,17,19)/t15-/m1/s1. The van der Waals surface area contributed by atoms with Crippen molar-refractivity contribution in [3.05, 3.63) is 35.9 Å². The molecule has 1 aromatic rings. The zero-order valence-electron chi connectivity index (χ0n) is 11.5. The van der Waals surface area contributed by atoms with Crippen LogP contribution in [0.1, 0.15) is 44.1 Å². The van der Waals surface area contributed by atoms with E-state index in [0.29, 0.717) is 6.04 Å². The molecule has 1 atom stereocenters. The van der Waals surface area contributed by atoms with Crippen molar-refractivity contribution in [2.45, 2.75) is 57.0 Å². The molecule has 3 N–H and O–H groups in total. The molecular weight excluding hydrogens is 236 g/mol. The van der Waals surface area contributed by atoms with Crippen molar-refractivity contribution in [1.29, 1.82) is 0 Å². The summed E-state index contributed by atoms with van der Waals surface area (Å²) in [6.07, 6.45) is 7.89. The first kappa shape index (κ1) is 14.1. The quantitative estimate of drug-likeness (QED) is 0.825. The van der Waals surface area contributed by atoms with Crippen molar-refractivity contribution in [3.8, 4) is 0 Å². The van der Waals surface area contributed by atoms with Crippen LogP contribution in [0.4, 0.5) is 0 Å². The Morgan fingerprint density at radius 2 is 1.89 bits per heavy atom. The molecule has 0 spiro atoms. The molecule has 0 saturated heterocycles. The van der Waals surface area contributed by atoms with Gasteiger partial charge in [0.1, 0.15) is 0 Å². The van der Waals surface area contributed by atoms with Gasteiger partial charge in [0.2, 0.25) is 5.91 Å². The van der Waals surface area contributed by atoms with Crippen LogP contribution in [0.5, 0.6) is 0 Å². The first-order valence-corrected chi connectivity index (χ1v) is 7.35. The molecule has 19 heavy (non-hydrogen) atoms.